The molecule has 0 amide bonds. The van der Waals surface area contributed by atoms with E-state index in [1.165, 1.54) is 0 Å². The van der Waals surface area contributed by atoms with Crippen LogP contribution in [0.4, 0.5) is 0 Å². The van der Waals surface area contributed by atoms with Gasteiger partial charge in [-0.25, -0.2) is 0 Å². The molecule has 0 nitrogen and oxygen atoms in total. The lowest BCUT2D eigenvalue weighted by Crippen LogP contribution is -2.27. The molecule has 0 N–H and O–H groups in total. The third-order valence-corrected chi connectivity index (χ3v) is 5.60. The summed E-state index contributed by atoms with van der Waals surface area (Å²) in [6.07, 6.45) is 5.30. The minimum atomic E-state index is -0.669. The highest BCUT2D eigenvalue weighted by atomic mass is 79.9. The Hall–Kier alpha value is 1.60. The van der Waals surface area contributed by atoms with E-state index < -0.39 is 9.75 Å². The third kappa shape index (κ3) is 5.97. The zero-order valence-electron chi connectivity index (χ0n) is 8.57. The molecule has 0 heterocycles. The van der Waals surface area contributed by atoms with Crippen LogP contribution in [0.25, 0.3) is 0 Å². The van der Waals surface area contributed by atoms with Crippen molar-refractivity contribution in [1.29, 1.82) is 0 Å². The summed E-state index contributed by atoms with van der Waals surface area (Å²) < 4.78 is 0. The summed E-state index contributed by atoms with van der Waals surface area (Å²) in [5.41, 5.74) is 0. The van der Waals surface area contributed by atoms with E-state index >= 15 is 0 Å². The average molecular weight is 434 g/mol. The Morgan fingerprint density at radius 3 is 2.25 bits per heavy atom. The Morgan fingerprint density at radius 2 is 1.88 bits per heavy atom. The van der Waals surface area contributed by atoms with Gasteiger partial charge in [-0.2, -0.15) is 0 Å². The molecule has 16 heavy (non-hydrogen) atoms. The number of rotatable bonds is 6. The van der Waals surface area contributed by atoms with Crippen LogP contribution >= 0.6 is 78.3 Å². The van der Waals surface area contributed by atoms with Gasteiger partial charge in [-0.05, 0) is 11.9 Å². The zero-order valence-corrected chi connectivity index (χ0v) is 14.8. The SMILES string of the molecule is C[C@@](Cl)(/C=C/Br)[C@@H](Cl)/C=C/[C@@](Cl)(CCl)CBr. The Morgan fingerprint density at radius 1 is 1.31 bits per heavy atom. The molecule has 0 aliphatic carbocycles. The molecule has 0 aliphatic heterocycles. The van der Waals surface area contributed by atoms with Gasteiger partial charge >= 0.3 is 0 Å². The quantitative estimate of drug-likeness (QED) is 0.374. The second-order valence-corrected chi connectivity index (χ2v) is 6.90. The molecule has 0 aromatic heterocycles. The van der Waals surface area contributed by atoms with Crippen LogP contribution in [0.1, 0.15) is 6.92 Å². The van der Waals surface area contributed by atoms with Gasteiger partial charge in [-0.15, -0.1) is 46.4 Å². The topological polar surface area (TPSA) is 0 Å². The lowest BCUT2D eigenvalue weighted by molar-refractivity contribution is 0.791. The predicted octanol–water partition coefficient (Wildman–Crippen LogP) is 5.67. The monoisotopic (exact) mass is 430 g/mol. The zero-order chi connectivity index (χ0) is 12.8. The molecular formula is C10H12Br2Cl4. The normalized spacial score (nSPS) is 22.2. The minimum Gasteiger partial charge on any atom is -0.124 e. The van der Waals surface area contributed by atoms with Gasteiger partial charge in [0.1, 0.15) is 0 Å². The number of hydrogen-bond donors (Lipinski definition) is 0. The van der Waals surface area contributed by atoms with Gasteiger partial charge in [0.15, 0.2) is 0 Å². The van der Waals surface area contributed by atoms with E-state index in [2.05, 4.69) is 31.9 Å². The molecule has 0 spiro atoms. The van der Waals surface area contributed by atoms with Crippen LogP contribution in [0, 0.1) is 0 Å². The number of alkyl halides is 5. The number of halogens is 6. The number of allylic oxidation sites excluding steroid dienone is 3. The standard InChI is InChI=1S/C10H12Br2Cl4/c1-9(15,4-5-11)8(14)2-3-10(16,6-12)7-13/h2-5,8H,6-7H2,1H3/b3-2+,5-4+/t8-,9+,10-/m0/s1. The van der Waals surface area contributed by atoms with Crippen LogP contribution < -0.4 is 0 Å². The van der Waals surface area contributed by atoms with Crippen molar-refractivity contribution in [3.05, 3.63) is 23.2 Å². The van der Waals surface area contributed by atoms with E-state index in [4.69, 9.17) is 46.4 Å². The predicted molar refractivity (Wildman–Crippen MR) is 84.2 cm³/mol. The second-order valence-electron chi connectivity index (χ2n) is 3.51. The van der Waals surface area contributed by atoms with E-state index in [1.807, 2.05) is 6.92 Å². The van der Waals surface area contributed by atoms with Crippen molar-refractivity contribution < 1.29 is 0 Å². The first-order chi connectivity index (χ1) is 7.31. The Bertz CT molecular complexity index is 260. The summed E-state index contributed by atoms with van der Waals surface area (Å²) in [7, 11) is 0. The van der Waals surface area contributed by atoms with E-state index in [1.54, 1.807) is 23.2 Å². The maximum absolute atomic E-state index is 6.21. The number of hydrogen-bond acceptors (Lipinski definition) is 0. The average Bonchev–Trinajstić information content (AvgIpc) is 2.25. The van der Waals surface area contributed by atoms with Gasteiger partial charge in [-0.3, -0.25) is 0 Å². The van der Waals surface area contributed by atoms with Crippen molar-refractivity contribution in [2.75, 3.05) is 11.2 Å². The summed E-state index contributed by atoms with van der Waals surface area (Å²) in [5.74, 6) is 0.299. The van der Waals surface area contributed by atoms with Gasteiger partial charge in [-0.1, -0.05) is 50.1 Å². The van der Waals surface area contributed by atoms with E-state index in [-0.39, 0.29) is 5.38 Å². The maximum atomic E-state index is 6.21. The molecule has 0 aliphatic rings. The lowest BCUT2D eigenvalue weighted by Gasteiger charge is -2.23. The van der Waals surface area contributed by atoms with Crippen LogP contribution in [0.15, 0.2) is 23.2 Å². The van der Waals surface area contributed by atoms with Crippen molar-refractivity contribution in [3.8, 4) is 0 Å². The molecule has 0 aromatic rings. The van der Waals surface area contributed by atoms with Crippen LogP contribution in [-0.2, 0) is 0 Å². The summed E-state index contributed by atoms with van der Waals surface area (Å²) in [6, 6.07) is 0. The maximum Gasteiger partial charge on any atom is 0.0857 e. The fourth-order valence-electron chi connectivity index (χ4n) is 0.785. The third-order valence-electron chi connectivity index (χ3n) is 1.94. The van der Waals surface area contributed by atoms with E-state index in [0.717, 1.165) is 0 Å². The molecule has 0 rings (SSSR count). The first-order valence-corrected chi connectivity index (χ1v) is 8.19. The Kier molecular flexibility index (Phi) is 8.70. The largest absolute Gasteiger partial charge is 0.124 e. The minimum absolute atomic E-state index is 0.299. The lowest BCUT2D eigenvalue weighted by atomic mass is 10.0. The van der Waals surface area contributed by atoms with Gasteiger partial charge < -0.3 is 0 Å². The molecule has 6 heteroatoms. The second kappa shape index (κ2) is 7.91. The van der Waals surface area contributed by atoms with Crippen molar-refractivity contribution >= 4 is 78.3 Å². The highest BCUT2D eigenvalue weighted by molar-refractivity contribution is 9.11. The smallest absolute Gasteiger partial charge is 0.0857 e. The molecule has 0 unspecified atom stereocenters. The summed E-state index contributed by atoms with van der Waals surface area (Å²) in [4.78, 5) is 0.390. The molecule has 0 bridgehead atoms. The van der Waals surface area contributed by atoms with Gasteiger partial charge in [0.2, 0.25) is 0 Å². The molecule has 0 aromatic carbocycles. The van der Waals surface area contributed by atoms with Crippen molar-refractivity contribution in [3.63, 3.8) is 0 Å². The van der Waals surface area contributed by atoms with Crippen LogP contribution in [-0.4, -0.2) is 26.3 Å². The van der Waals surface area contributed by atoms with E-state index in [9.17, 15) is 0 Å². The fourth-order valence-corrected chi connectivity index (χ4v) is 2.64. The van der Waals surface area contributed by atoms with Crippen molar-refractivity contribution in [2.24, 2.45) is 0 Å². The molecule has 0 saturated heterocycles. The molecule has 0 fully saturated rings. The first kappa shape index (κ1) is 17.6. The Labute approximate surface area is 134 Å². The van der Waals surface area contributed by atoms with E-state index in [0.29, 0.717) is 11.2 Å². The highest BCUT2D eigenvalue weighted by Crippen LogP contribution is 2.29. The fraction of sp³-hybridized carbons (Fsp3) is 0.600. The highest BCUT2D eigenvalue weighted by Gasteiger charge is 2.27. The summed E-state index contributed by atoms with van der Waals surface area (Å²) in [5, 5.41) is 0.182. The van der Waals surface area contributed by atoms with Gasteiger partial charge in [0.25, 0.3) is 0 Å². The molecular weight excluding hydrogens is 422 g/mol. The summed E-state index contributed by atoms with van der Waals surface area (Å²) in [6.45, 7) is 1.82. The van der Waals surface area contributed by atoms with Crippen molar-refractivity contribution in [1.82, 2.24) is 0 Å². The van der Waals surface area contributed by atoms with Crippen LogP contribution in [0.2, 0.25) is 0 Å². The molecule has 94 valence electrons. The Balaban J connectivity index is 4.66. The van der Waals surface area contributed by atoms with Gasteiger partial charge in [0, 0.05) is 11.2 Å². The molecule has 0 radical (unpaired) electrons. The first-order valence-electron chi connectivity index (χ1n) is 4.42. The van der Waals surface area contributed by atoms with Crippen molar-refractivity contribution in [2.45, 2.75) is 22.0 Å². The molecule has 0 saturated carbocycles. The summed E-state index contributed by atoms with van der Waals surface area (Å²) >= 11 is 30.8. The van der Waals surface area contributed by atoms with Crippen LogP contribution in [0.5, 0.6) is 0 Å². The molecule has 3 atom stereocenters. The van der Waals surface area contributed by atoms with Crippen LogP contribution in [0.3, 0.4) is 0 Å². The van der Waals surface area contributed by atoms with Gasteiger partial charge in [0.05, 0.1) is 15.1 Å².